The van der Waals surface area contributed by atoms with Crippen LogP contribution in [0.5, 0.6) is 0 Å². The number of rotatable bonds is 10. The monoisotopic (exact) mass is 519 g/mol. The second-order valence-electron chi connectivity index (χ2n) is 8.22. The van der Waals surface area contributed by atoms with Gasteiger partial charge >= 0.3 is 5.97 Å². The first-order chi connectivity index (χ1) is 17.4. The van der Waals surface area contributed by atoms with Crippen LogP contribution in [0.3, 0.4) is 0 Å². The number of aromatic nitrogens is 1. The van der Waals surface area contributed by atoms with Gasteiger partial charge in [0.1, 0.15) is 0 Å². The summed E-state index contributed by atoms with van der Waals surface area (Å²) in [5.41, 5.74) is 5.68. The van der Waals surface area contributed by atoms with Crippen LogP contribution in [0.1, 0.15) is 34.8 Å². The molecule has 0 aliphatic heterocycles. The maximum atomic E-state index is 12.3. The number of carbonyl (C=O) groups is 2. The van der Waals surface area contributed by atoms with Gasteiger partial charge in [0.2, 0.25) is 0 Å². The Kier molecular flexibility index (Phi) is 8.36. The number of carboxylic acids is 1. The van der Waals surface area contributed by atoms with Crippen molar-refractivity contribution in [2.24, 2.45) is 0 Å². The molecule has 4 rings (SSSR count). The van der Waals surface area contributed by atoms with E-state index in [9.17, 15) is 9.59 Å². The Morgan fingerprint density at radius 2 is 1.64 bits per heavy atom. The van der Waals surface area contributed by atoms with Crippen molar-refractivity contribution < 1.29 is 14.7 Å². The predicted molar refractivity (Wildman–Crippen MR) is 145 cm³/mol. The molecule has 2 N–H and O–H groups in total. The fourth-order valence-corrected chi connectivity index (χ4v) is 4.63. The highest BCUT2D eigenvalue weighted by Crippen LogP contribution is 2.34. The number of aliphatic carboxylic acids is 1. The predicted octanol–water partition coefficient (Wildman–Crippen LogP) is 6.57. The summed E-state index contributed by atoms with van der Waals surface area (Å²) in [6, 6.07) is 23.4. The highest BCUT2D eigenvalue weighted by molar-refractivity contribution is 7.14. The van der Waals surface area contributed by atoms with Crippen LogP contribution in [0.4, 0.5) is 10.8 Å². The van der Waals surface area contributed by atoms with Crippen LogP contribution >= 0.6 is 22.9 Å². The van der Waals surface area contributed by atoms with Gasteiger partial charge in [-0.05, 0) is 53.9 Å². The average Bonchev–Trinajstić information content (AvgIpc) is 3.38. The summed E-state index contributed by atoms with van der Waals surface area (Å²) < 4.78 is 0. The molecule has 0 aliphatic rings. The highest BCUT2D eigenvalue weighted by Gasteiger charge is 2.16. The number of benzene rings is 3. The third kappa shape index (κ3) is 6.50. The maximum Gasteiger partial charge on any atom is 0.305 e. The number of anilines is 2. The van der Waals surface area contributed by atoms with E-state index in [-0.39, 0.29) is 18.9 Å². The lowest BCUT2D eigenvalue weighted by atomic mass is 10.1. The molecule has 4 aromatic rings. The summed E-state index contributed by atoms with van der Waals surface area (Å²) in [7, 11) is 0. The molecule has 36 heavy (non-hydrogen) atoms. The molecule has 0 fully saturated rings. The Morgan fingerprint density at radius 3 is 2.28 bits per heavy atom. The molecule has 3 aromatic carbocycles. The topological polar surface area (TPSA) is 82.5 Å². The molecular formula is C28H26ClN3O3S. The van der Waals surface area contributed by atoms with Gasteiger partial charge in [-0.3, -0.25) is 9.59 Å². The van der Waals surface area contributed by atoms with Gasteiger partial charge in [0, 0.05) is 33.8 Å². The largest absolute Gasteiger partial charge is 0.481 e. The third-order valence-corrected chi connectivity index (χ3v) is 6.82. The summed E-state index contributed by atoms with van der Waals surface area (Å²) in [5, 5.41) is 15.0. The molecule has 0 radical (unpaired) electrons. The van der Waals surface area contributed by atoms with Crippen molar-refractivity contribution in [2.75, 3.05) is 11.4 Å². The molecule has 1 amide bonds. The summed E-state index contributed by atoms with van der Waals surface area (Å²) in [6.45, 7) is 2.79. The fourth-order valence-electron chi connectivity index (χ4n) is 3.65. The van der Waals surface area contributed by atoms with Gasteiger partial charge in [0.15, 0.2) is 5.13 Å². The van der Waals surface area contributed by atoms with Crippen molar-refractivity contribution in [1.29, 1.82) is 0 Å². The number of halogens is 1. The number of hydrogen-bond donors (Lipinski definition) is 2. The van der Waals surface area contributed by atoms with E-state index in [1.165, 1.54) is 5.56 Å². The van der Waals surface area contributed by atoms with Gasteiger partial charge in [-0.25, -0.2) is 4.98 Å². The van der Waals surface area contributed by atoms with Crippen molar-refractivity contribution in [3.63, 3.8) is 0 Å². The zero-order chi connectivity index (χ0) is 25.5. The van der Waals surface area contributed by atoms with E-state index in [0.717, 1.165) is 34.1 Å². The lowest BCUT2D eigenvalue weighted by Gasteiger charge is -2.22. The maximum absolute atomic E-state index is 12.3. The second-order valence-corrected chi connectivity index (χ2v) is 9.50. The van der Waals surface area contributed by atoms with Crippen molar-refractivity contribution in [3.8, 4) is 11.3 Å². The quantitative estimate of drug-likeness (QED) is 0.247. The Balaban J connectivity index is 1.56. The van der Waals surface area contributed by atoms with Gasteiger partial charge in [-0.1, -0.05) is 54.9 Å². The molecule has 0 aliphatic carbocycles. The van der Waals surface area contributed by atoms with Gasteiger partial charge in [0.05, 0.1) is 18.7 Å². The van der Waals surface area contributed by atoms with Crippen LogP contribution in [0.2, 0.25) is 5.02 Å². The van der Waals surface area contributed by atoms with Crippen LogP contribution < -0.4 is 10.2 Å². The Bertz CT molecular complexity index is 1320. The Labute approximate surface area is 219 Å². The number of amides is 1. The lowest BCUT2D eigenvalue weighted by Crippen LogP contribution is -2.26. The SMILES string of the molecule is CCc1ccc(N(Cc2ccc(C(=O)NCCC(=O)O)cc2)c2nc(-c3ccc(Cl)cc3)cs2)cc1. The molecule has 0 atom stereocenters. The average molecular weight is 520 g/mol. The summed E-state index contributed by atoms with van der Waals surface area (Å²) in [6.07, 6.45) is 0.857. The van der Waals surface area contributed by atoms with E-state index in [1.54, 1.807) is 23.5 Å². The van der Waals surface area contributed by atoms with E-state index in [1.807, 2.05) is 41.8 Å². The minimum atomic E-state index is -0.945. The van der Waals surface area contributed by atoms with Crippen LogP contribution in [-0.4, -0.2) is 28.5 Å². The lowest BCUT2D eigenvalue weighted by molar-refractivity contribution is -0.136. The summed E-state index contributed by atoms with van der Waals surface area (Å²) in [5.74, 6) is -1.23. The molecule has 1 aromatic heterocycles. The van der Waals surface area contributed by atoms with E-state index in [2.05, 4.69) is 41.4 Å². The van der Waals surface area contributed by atoms with E-state index in [0.29, 0.717) is 17.1 Å². The number of hydrogen-bond acceptors (Lipinski definition) is 5. The normalized spacial score (nSPS) is 10.7. The van der Waals surface area contributed by atoms with Gasteiger partial charge < -0.3 is 15.3 Å². The first kappa shape index (κ1) is 25.4. The molecule has 8 heteroatoms. The van der Waals surface area contributed by atoms with Crippen molar-refractivity contribution in [3.05, 3.63) is 99.9 Å². The first-order valence-corrected chi connectivity index (χ1v) is 12.9. The van der Waals surface area contributed by atoms with Crippen LogP contribution in [0.25, 0.3) is 11.3 Å². The van der Waals surface area contributed by atoms with Gasteiger partial charge in [-0.15, -0.1) is 11.3 Å². The molecule has 184 valence electrons. The molecule has 1 heterocycles. The van der Waals surface area contributed by atoms with E-state index < -0.39 is 5.97 Å². The number of nitrogens with one attached hydrogen (secondary N) is 1. The molecule has 0 saturated carbocycles. The molecular weight excluding hydrogens is 494 g/mol. The number of carboxylic acid groups (broad SMARTS) is 1. The molecule has 6 nitrogen and oxygen atoms in total. The molecule has 0 unspecified atom stereocenters. The van der Waals surface area contributed by atoms with Gasteiger partial charge in [0.25, 0.3) is 5.91 Å². The Morgan fingerprint density at radius 1 is 0.972 bits per heavy atom. The number of aryl methyl sites for hydroxylation is 1. The highest BCUT2D eigenvalue weighted by atomic mass is 35.5. The minimum Gasteiger partial charge on any atom is -0.481 e. The van der Waals surface area contributed by atoms with Crippen LogP contribution in [0.15, 0.2) is 78.2 Å². The summed E-state index contributed by atoms with van der Waals surface area (Å²) >= 11 is 7.61. The molecule has 0 saturated heterocycles. The van der Waals surface area contributed by atoms with E-state index >= 15 is 0 Å². The fraction of sp³-hybridized carbons (Fsp3) is 0.179. The first-order valence-electron chi connectivity index (χ1n) is 11.6. The number of nitrogens with zero attached hydrogens (tertiary/aromatic N) is 2. The Hall–Kier alpha value is -3.68. The van der Waals surface area contributed by atoms with Crippen molar-refractivity contribution in [2.45, 2.75) is 26.3 Å². The van der Waals surface area contributed by atoms with Crippen molar-refractivity contribution >= 4 is 45.6 Å². The molecule has 0 bridgehead atoms. The van der Waals surface area contributed by atoms with E-state index in [4.69, 9.17) is 21.7 Å². The molecule has 0 spiro atoms. The van der Waals surface area contributed by atoms with Crippen LogP contribution in [-0.2, 0) is 17.8 Å². The zero-order valence-corrected chi connectivity index (χ0v) is 21.4. The minimum absolute atomic E-state index is 0.0947. The standard InChI is InChI=1S/C28H26ClN3O3S/c1-2-19-5-13-24(14-6-19)32(28-31-25(18-36-28)21-9-11-23(29)12-10-21)17-20-3-7-22(8-4-20)27(35)30-16-15-26(33)34/h3-14,18H,2,15-17H2,1H3,(H,30,35)(H,33,34). The van der Waals surface area contributed by atoms with Crippen LogP contribution in [0, 0.1) is 0 Å². The van der Waals surface area contributed by atoms with Gasteiger partial charge in [-0.2, -0.15) is 0 Å². The second kappa shape index (κ2) is 11.8. The van der Waals surface area contributed by atoms with Crippen molar-refractivity contribution in [1.82, 2.24) is 10.3 Å². The number of carbonyl (C=O) groups excluding carboxylic acids is 1. The smallest absolute Gasteiger partial charge is 0.305 e. The number of thiazole rings is 1. The summed E-state index contributed by atoms with van der Waals surface area (Å²) in [4.78, 5) is 30.0. The third-order valence-electron chi connectivity index (χ3n) is 5.70. The zero-order valence-electron chi connectivity index (χ0n) is 19.8.